The Bertz CT molecular complexity index is 371. The van der Waals surface area contributed by atoms with E-state index in [-0.39, 0.29) is 17.3 Å². The van der Waals surface area contributed by atoms with Gasteiger partial charge in [0.1, 0.15) is 5.82 Å². The highest BCUT2D eigenvalue weighted by atomic mass is 19.1. The van der Waals surface area contributed by atoms with Crippen molar-refractivity contribution in [2.45, 2.75) is 32.7 Å². The Kier molecular flexibility index (Phi) is 1.93. The molecule has 0 heterocycles. The summed E-state index contributed by atoms with van der Waals surface area (Å²) >= 11 is 0. The molecular weight excluding hydrogens is 177 g/mol. The van der Waals surface area contributed by atoms with Gasteiger partial charge in [0, 0.05) is 12.0 Å². The summed E-state index contributed by atoms with van der Waals surface area (Å²) in [5.74, 6) is 0.190. The molecule has 1 saturated carbocycles. The van der Waals surface area contributed by atoms with Gasteiger partial charge in [0.15, 0.2) is 0 Å². The van der Waals surface area contributed by atoms with Crippen molar-refractivity contribution in [3.8, 4) is 0 Å². The van der Waals surface area contributed by atoms with E-state index in [0.29, 0.717) is 11.5 Å². The number of benzene rings is 1. The summed E-state index contributed by atoms with van der Waals surface area (Å²) < 4.78 is 13.3. The van der Waals surface area contributed by atoms with E-state index in [1.54, 1.807) is 13.0 Å². The molecule has 0 radical (unpaired) electrons. The molecule has 0 aliphatic heterocycles. The molecule has 0 spiro atoms. The van der Waals surface area contributed by atoms with E-state index >= 15 is 0 Å². The Hall–Kier alpha value is -0.890. The maximum Gasteiger partial charge on any atom is 0.126 e. The maximum absolute atomic E-state index is 13.3. The number of aryl methyl sites for hydroxylation is 1. The van der Waals surface area contributed by atoms with Crippen molar-refractivity contribution in [1.29, 1.82) is 0 Å². The first kappa shape index (κ1) is 9.66. The summed E-state index contributed by atoms with van der Waals surface area (Å²) in [6.07, 6.45) is 0. The molecule has 0 amide bonds. The number of hydrogen-bond acceptors (Lipinski definition) is 1. The molecule has 2 N–H and O–H groups in total. The Morgan fingerprint density at radius 2 is 1.93 bits per heavy atom. The van der Waals surface area contributed by atoms with E-state index in [9.17, 15) is 4.39 Å². The zero-order valence-corrected chi connectivity index (χ0v) is 8.84. The molecule has 1 aliphatic carbocycles. The van der Waals surface area contributed by atoms with Gasteiger partial charge in [-0.15, -0.1) is 0 Å². The van der Waals surface area contributed by atoms with Crippen molar-refractivity contribution < 1.29 is 4.39 Å². The smallest absolute Gasteiger partial charge is 0.126 e. The zero-order valence-electron chi connectivity index (χ0n) is 8.84. The van der Waals surface area contributed by atoms with Crippen molar-refractivity contribution in [1.82, 2.24) is 0 Å². The molecule has 1 aliphatic rings. The highest BCUT2D eigenvalue weighted by Crippen LogP contribution is 2.57. The minimum absolute atomic E-state index is 0.127. The number of nitrogens with two attached hydrogens (primary N) is 1. The van der Waals surface area contributed by atoms with Gasteiger partial charge in [0.2, 0.25) is 0 Å². The fraction of sp³-hybridized carbons (Fsp3) is 0.500. The van der Waals surface area contributed by atoms with Crippen LogP contribution in [-0.2, 0) is 0 Å². The van der Waals surface area contributed by atoms with E-state index in [4.69, 9.17) is 5.73 Å². The summed E-state index contributed by atoms with van der Waals surface area (Å²) in [6.45, 7) is 6.03. The largest absolute Gasteiger partial charge is 0.327 e. The van der Waals surface area contributed by atoms with Crippen LogP contribution < -0.4 is 5.73 Å². The Labute approximate surface area is 84.1 Å². The van der Waals surface area contributed by atoms with Gasteiger partial charge >= 0.3 is 0 Å². The molecule has 1 nitrogen and oxygen atoms in total. The number of hydrogen-bond donors (Lipinski definition) is 1. The second kappa shape index (κ2) is 2.80. The average molecular weight is 193 g/mol. The fourth-order valence-corrected chi connectivity index (χ4v) is 2.12. The minimum Gasteiger partial charge on any atom is -0.327 e. The fourth-order valence-electron chi connectivity index (χ4n) is 2.12. The monoisotopic (exact) mass is 193 g/mol. The molecule has 1 aromatic carbocycles. The quantitative estimate of drug-likeness (QED) is 0.729. The molecule has 76 valence electrons. The number of halogens is 1. The van der Waals surface area contributed by atoms with Gasteiger partial charge in [-0.25, -0.2) is 4.39 Å². The molecule has 14 heavy (non-hydrogen) atoms. The van der Waals surface area contributed by atoms with Gasteiger partial charge in [-0.3, -0.25) is 0 Å². The van der Waals surface area contributed by atoms with Crippen LogP contribution in [-0.4, -0.2) is 6.04 Å². The second-order valence-corrected chi connectivity index (χ2v) is 4.83. The van der Waals surface area contributed by atoms with Gasteiger partial charge in [-0.05, 0) is 29.5 Å². The topological polar surface area (TPSA) is 26.0 Å². The third-order valence-electron chi connectivity index (χ3n) is 3.47. The van der Waals surface area contributed by atoms with Crippen LogP contribution in [0.3, 0.4) is 0 Å². The average Bonchev–Trinajstić information content (AvgIpc) is 2.58. The number of rotatable bonds is 1. The highest BCUT2D eigenvalue weighted by Gasteiger charge is 2.56. The molecule has 0 unspecified atom stereocenters. The summed E-state index contributed by atoms with van der Waals surface area (Å²) in [7, 11) is 0. The van der Waals surface area contributed by atoms with Crippen LogP contribution in [0.25, 0.3) is 0 Å². The predicted octanol–water partition coefficient (Wildman–Crippen LogP) is 2.58. The predicted molar refractivity (Wildman–Crippen MR) is 55.6 cm³/mol. The lowest BCUT2D eigenvalue weighted by Crippen LogP contribution is -2.06. The van der Waals surface area contributed by atoms with Crippen LogP contribution in [0.15, 0.2) is 18.2 Å². The van der Waals surface area contributed by atoms with Crippen molar-refractivity contribution in [2.75, 3.05) is 0 Å². The second-order valence-electron chi connectivity index (χ2n) is 4.83. The van der Waals surface area contributed by atoms with Crippen LogP contribution in [0.4, 0.5) is 4.39 Å². The third-order valence-corrected chi connectivity index (χ3v) is 3.47. The first-order valence-electron chi connectivity index (χ1n) is 4.96. The van der Waals surface area contributed by atoms with Gasteiger partial charge in [-0.1, -0.05) is 26.0 Å². The van der Waals surface area contributed by atoms with Crippen LogP contribution in [0.2, 0.25) is 0 Å². The van der Waals surface area contributed by atoms with Gasteiger partial charge in [-0.2, -0.15) is 0 Å². The summed E-state index contributed by atoms with van der Waals surface area (Å²) in [5, 5.41) is 0. The SMILES string of the molecule is Cc1ccc([C@@H]2[C@@H](N)C2(C)C)cc1F. The Morgan fingerprint density at radius 3 is 2.36 bits per heavy atom. The van der Waals surface area contributed by atoms with Gasteiger partial charge < -0.3 is 5.73 Å². The first-order valence-corrected chi connectivity index (χ1v) is 4.96. The minimum atomic E-state index is -0.127. The molecule has 2 rings (SSSR count). The lowest BCUT2D eigenvalue weighted by molar-refractivity contribution is 0.592. The van der Waals surface area contributed by atoms with E-state index in [1.165, 1.54) is 0 Å². The van der Waals surface area contributed by atoms with Gasteiger partial charge in [0.05, 0.1) is 0 Å². The van der Waals surface area contributed by atoms with Crippen LogP contribution in [0.1, 0.15) is 30.9 Å². The van der Waals surface area contributed by atoms with Crippen molar-refractivity contribution in [3.05, 3.63) is 35.1 Å². The molecule has 1 fully saturated rings. The molecule has 2 heteroatoms. The van der Waals surface area contributed by atoms with Crippen LogP contribution in [0.5, 0.6) is 0 Å². The Balaban J connectivity index is 2.32. The standard InChI is InChI=1S/C12H16FN/c1-7-4-5-8(6-9(7)13)10-11(14)12(10,2)3/h4-6,10-11H,14H2,1-3H3/t10-,11-/m1/s1. The van der Waals surface area contributed by atoms with Crippen LogP contribution in [0, 0.1) is 18.2 Å². The van der Waals surface area contributed by atoms with Crippen molar-refractivity contribution in [2.24, 2.45) is 11.1 Å². The van der Waals surface area contributed by atoms with Crippen molar-refractivity contribution >= 4 is 0 Å². The zero-order chi connectivity index (χ0) is 10.5. The van der Waals surface area contributed by atoms with E-state index in [2.05, 4.69) is 13.8 Å². The Morgan fingerprint density at radius 1 is 1.36 bits per heavy atom. The molecular formula is C12H16FN. The third kappa shape index (κ3) is 1.25. The summed E-state index contributed by atoms with van der Waals surface area (Å²) in [6, 6.07) is 5.60. The normalized spacial score (nSPS) is 28.9. The molecule has 0 bridgehead atoms. The summed E-state index contributed by atoms with van der Waals surface area (Å²) in [5.41, 5.74) is 7.80. The van der Waals surface area contributed by atoms with Gasteiger partial charge in [0.25, 0.3) is 0 Å². The lowest BCUT2D eigenvalue weighted by atomic mass is 10.0. The lowest BCUT2D eigenvalue weighted by Gasteiger charge is -2.04. The van der Waals surface area contributed by atoms with E-state index in [0.717, 1.165) is 5.56 Å². The van der Waals surface area contributed by atoms with Crippen LogP contribution >= 0.6 is 0 Å². The highest BCUT2D eigenvalue weighted by molar-refractivity contribution is 5.36. The van der Waals surface area contributed by atoms with E-state index in [1.807, 2.05) is 12.1 Å². The van der Waals surface area contributed by atoms with Crippen molar-refractivity contribution in [3.63, 3.8) is 0 Å². The molecule has 2 atom stereocenters. The first-order chi connectivity index (χ1) is 6.44. The maximum atomic E-state index is 13.3. The summed E-state index contributed by atoms with van der Waals surface area (Å²) in [4.78, 5) is 0. The molecule has 0 saturated heterocycles. The molecule has 0 aromatic heterocycles. The van der Waals surface area contributed by atoms with E-state index < -0.39 is 0 Å². The molecule has 1 aromatic rings.